The van der Waals surface area contributed by atoms with Gasteiger partial charge >= 0.3 is 10.2 Å². The zero-order valence-electron chi connectivity index (χ0n) is 6.29. The summed E-state index contributed by atoms with van der Waals surface area (Å²) in [5.41, 5.74) is 0. The molecular formula is C6H8FNO3S. The van der Waals surface area contributed by atoms with Gasteiger partial charge in [0, 0.05) is 26.1 Å². The van der Waals surface area contributed by atoms with Gasteiger partial charge in [0.25, 0.3) is 0 Å². The largest absolute Gasteiger partial charge is 0.381 e. The highest BCUT2D eigenvalue weighted by Crippen LogP contribution is 2.30. The average Bonchev–Trinajstić information content (AvgIpc) is 2.04. The van der Waals surface area contributed by atoms with Crippen LogP contribution in [0.4, 0.5) is 3.89 Å². The van der Waals surface area contributed by atoms with Crippen molar-refractivity contribution in [3.63, 3.8) is 0 Å². The van der Waals surface area contributed by atoms with E-state index in [-0.39, 0.29) is 26.1 Å². The summed E-state index contributed by atoms with van der Waals surface area (Å²) in [6, 6.07) is 1.51. The normalized spacial score (nSPS) is 23.0. The number of hydrogen-bond acceptors (Lipinski definition) is 4. The summed E-state index contributed by atoms with van der Waals surface area (Å²) in [6.07, 6.45) is -0.162. The van der Waals surface area contributed by atoms with E-state index in [1.165, 1.54) is 6.07 Å². The van der Waals surface area contributed by atoms with Crippen molar-refractivity contribution in [2.75, 3.05) is 13.2 Å². The molecule has 0 aromatic carbocycles. The molecule has 1 saturated heterocycles. The first-order chi connectivity index (χ1) is 5.52. The van der Waals surface area contributed by atoms with E-state index in [1.807, 2.05) is 0 Å². The third-order valence-corrected chi connectivity index (χ3v) is 3.40. The third kappa shape index (κ3) is 1.42. The number of nitriles is 1. The number of nitrogens with zero attached hydrogens (tertiary/aromatic N) is 1. The van der Waals surface area contributed by atoms with Gasteiger partial charge < -0.3 is 4.74 Å². The zero-order valence-corrected chi connectivity index (χ0v) is 7.10. The lowest BCUT2D eigenvalue weighted by Gasteiger charge is -2.25. The van der Waals surface area contributed by atoms with Crippen LogP contribution in [-0.2, 0) is 15.0 Å². The predicted octanol–water partition coefficient (Wildman–Crippen LogP) is 0.358. The Morgan fingerprint density at radius 1 is 1.42 bits per heavy atom. The minimum absolute atomic E-state index is 0.0810. The highest BCUT2D eigenvalue weighted by Gasteiger charge is 2.46. The minimum Gasteiger partial charge on any atom is -0.381 e. The lowest BCUT2D eigenvalue weighted by Crippen LogP contribution is -2.40. The molecule has 0 spiro atoms. The quantitative estimate of drug-likeness (QED) is 0.564. The zero-order chi connectivity index (χ0) is 9.24. The second kappa shape index (κ2) is 2.99. The Kier molecular flexibility index (Phi) is 2.35. The van der Waals surface area contributed by atoms with Crippen LogP contribution in [0.2, 0.25) is 0 Å². The summed E-state index contributed by atoms with van der Waals surface area (Å²) in [5, 5.41) is 8.55. The maximum atomic E-state index is 12.6. The fraction of sp³-hybridized carbons (Fsp3) is 0.833. The van der Waals surface area contributed by atoms with Crippen molar-refractivity contribution < 1.29 is 17.0 Å². The molecule has 0 aromatic rings. The van der Waals surface area contributed by atoms with Gasteiger partial charge in [0.2, 0.25) is 0 Å². The first-order valence-electron chi connectivity index (χ1n) is 3.45. The van der Waals surface area contributed by atoms with Crippen molar-refractivity contribution >= 4 is 10.2 Å². The Bertz CT molecular complexity index is 299. The topological polar surface area (TPSA) is 67.2 Å². The molecule has 1 heterocycles. The third-order valence-electron chi connectivity index (χ3n) is 1.97. The van der Waals surface area contributed by atoms with E-state index in [1.54, 1.807) is 0 Å². The van der Waals surface area contributed by atoms with E-state index in [9.17, 15) is 12.3 Å². The maximum absolute atomic E-state index is 12.6. The fourth-order valence-corrected chi connectivity index (χ4v) is 1.87. The van der Waals surface area contributed by atoms with Gasteiger partial charge in [0.15, 0.2) is 4.75 Å². The Morgan fingerprint density at radius 2 is 1.92 bits per heavy atom. The van der Waals surface area contributed by atoms with Crippen LogP contribution in [0.1, 0.15) is 12.8 Å². The van der Waals surface area contributed by atoms with Crippen LogP contribution in [0.15, 0.2) is 0 Å². The van der Waals surface area contributed by atoms with Crippen LogP contribution >= 0.6 is 0 Å². The molecule has 12 heavy (non-hydrogen) atoms. The summed E-state index contributed by atoms with van der Waals surface area (Å²) in [4.78, 5) is 0. The first kappa shape index (κ1) is 9.42. The van der Waals surface area contributed by atoms with Crippen molar-refractivity contribution in [1.82, 2.24) is 0 Å². The molecule has 0 aromatic heterocycles. The van der Waals surface area contributed by atoms with Gasteiger partial charge in [-0.2, -0.15) is 13.7 Å². The molecule has 0 atom stereocenters. The molecule has 1 aliphatic heterocycles. The standard InChI is InChI=1S/C6H8FNO3S/c7-12(9,10)6(5-8)1-3-11-4-2-6/h1-4H2. The number of halogens is 1. The summed E-state index contributed by atoms with van der Waals surface area (Å²) in [6.45, 7) is 0.243. The average molecular weight is 193 g/mol. The summed E-state index contributed by atoms with van der Waals surface area (Å²) < 4.78 is 36.8. The minimum atomic E-state index is -4.78. The lowest BCUT2D eigenvalue weighted by molar-refractivity contribution is 0.0853. The number of ether oxygens (including phenoxy) is 1. The molecular weight excluding hydrogens is 185 g/mol. The molecule has 0 radical (unpaired) electrons. The smallest absolute Gasteiger partial charge is 0.321 e. The Morgan fingerprint density at radius 3 is 2.17 bits per heavy atom. The van der Waals surface area contributed by atoms with Gasteiger partial charge in [0.05, 0.1) is 6.07 Å². The molecule has 1 fully saturated rings. The van der Waals surface area contributed by atoms with Crippen molar-refractivity contribution in [2.45, 2.75) is 17.6 Å². The molecule has 0 aliphatic carbocycles. The van der Waals surface area contributed by atoms with Gasteiger partial charge in [0.1, 0.15) is 0 Å². The van der Waals surface area contributed by atoms with E-state index in [4.69, 9.17) is 10.00 Å². The van der Waals surface area contributed by atoms with Gasteiger partial charge in [-0.1, -0.05) is 0 Å². The second-order valence-electron chi connectivity index (χ2n) is 2.66. The van der Waals surface area contributed by atoms with Crippen molar-refractivity contribution in [2.24, 2.45) is 0 Å². The van der Waals surface area contributed by atoms with Crippen LogP contribution in [0.3, 0.4) is 0 Å². The number of hydrogen-bond donors (Lipinski definition) is 0. The first-order valence-corrected chi connectivity index (χ1v) is 4.83. The van der Waals surface area contributed by atoms with Gasteiger partial charge in [-0.15, -0.1) is 3.89 Å². The summed E-state index contributed by atoms with van der Waals surface area (Å²) in [7, 11) is -4.78. The van der Waals surface area contributed by atoms with E-state index in [0.29, 0.717) is 0 Å². The molecule has 0 amide bonds. The maximum Gasteiger partial charge on any atom is 0.321 e. The summed E-state index contributed by atoms with van der Waals surface area (Å²) >= 11 is 0. The highest BCUT2D eigenvalue weighted by atomic mass is 32.3. The van der Waals surface area contributed by atoms with Crippen LogP contribution in [-0.4, -0.2) is 26.4 Å². The summed E-state index contributed by atoms with van der Waals surface area (Å²) in [5.74, 6) is 0. The van der Waals surface area contributed by atoms with E-state index in [0.717, 1.165) is 0 Å². The lowest BCUT2D eigenvalue weighted by atomic mass is 10.0. The van der Waals surface area contributed by atoms with E-state index in [2.05, 4.69) is 0 Å². The molecule has 0 unspecified atom stereocenters. The Hall–Kier alpha value is -0.670. The highest BCUT2D eigenvalue weighted by molar-refractivity contribution is 7.88. The molecule has 1 aliphatic rings. The second-order valence-corrected chi connectivity index (χ2v) is 4.31. The Balaban J connectivity index is 2.99. The van der Waals surface area contributed by atoms with Crippen molar-refractivity contribution in [3.05, 3.63) is 0 Å². The van der Waals surface area contributed by atoms with Crippen LogP contribution in [0.5, 0.6) is 0 Å². The molecule has 0 saturated carbocycles. The molecule has 0 N–H and O–H groups in total. The molecule has 68 valence electrons. The Labute approximate surface area is 70.2 Å². The monoisotopic (exact) mass is 193 g/mol. The van der Waals surface area contributed by atoms with Gasteiger partial charge in [-0.3, -0.25) is 0 Å². The molecule has 0 bridgehead atoms. The van der Waals surface area contributed by atoms with Crippen molar-refractivity contribution in [3.8, 4) is 6.07 Å². The van der Waals surface area contributed by atoms with Gasteiger partial charge in [-0.25, -0.2) is 0 Å². The van der Waals surface area contributed by atoms with Crippen molar-refractivity contribution in [1.29, 1.82) is 5.26 Å². The number of rotatable bonds is 1. The molecule has 4 nitrogen and oxygen atoms in total. The predicted molar refractivity (Wildman–Crippen MR) is 38.4 cm³/mol. The van der Waals surface area contributed by atoms with Crippen LogP contribution < -0.4 is 0 Å². The molecule has 6 heteroatoms. The van der Waals surface area contributed by atoms with Crippen LogP contribution in [0, 0.1) is 11.3 Å². The molecule has 1 rings (SSSR count). The SMILES string of the molecule is N#CC1(S(=O)(=O)F)CCOCC1. The van der Waals surface area contributed by atoms with Crippen LogP contribution in [0.25, 0.3) is 0 Å². The fourth-order valence-electron chi connectivity index (χ4n) is 1.11. The van der Waals surface area contributed by atoms with Gasteiger partial charge in [-0.05, 0) is 0 Å². The van der Waals surface area contributed by atoms with E-state index < -0.39 is 15.0 Å². The van der Waals surface area contributed by atoms with E-state index >= 15 is 0 Å².